The molecule has 2 aromatic rings. The Bertz CT molecular complexity index is 577. The van der Waals surface area contributed by atoms with Gasteiger partial charge in [-0.3, -0.25) is 4.98 Å². The molecule has 1 aliphatic carbocycles. The number of rotatable bonds is 3. The summed E-state index contributed by atoms with van der Waals surface area (Å²) in [7, 11) is 0. The minimum Gasteiger partial charge on any atom is -0.302 e. The average molecular weight is 251 g/mol. The first-order valence-corrected chi connectivity index (χ1v) is 6.85. The zero-order valence-corrected chi connectivity index (χ0v) is 10.9. The Labute approximate surface area is 113 Å². The predicted octanol–water partition coefficient (Wildman–Crippen LogP) is 3.29. The maximum atomic E-state index is 11.4. The van der Waals surface area contributed by atoms with Crippen LogP contribution in [0.1, 0.15) is 41.0 Å². The van der Waals surface area contributed by atoms with E-state index in [1.54, 1.807) is 12.4 Å². The Morgan fingerprint density at radius 2 is 1.89 bits per heavy atom. The molecule has 1 heterocycles. The second-order valence-electron chi connectivity index (χ2n) is 5.14. The lowest BCUT2D eigenvalue weighted by atomic mass is 9.86. The van der Waals surface area contributed by atoms with Crippen molar-refractivity contribution in [2.75, 3.05) is 0 Å². The van der Waals surface area contributed by atoms with Gasteiger partial charge < -0.3 is 4.79 Å². The molecule has 0 spiro atoms. The first-order valence-electron chi connectivity index (χ1n) is 6.85. The summed E-state index contributed by atoms with van der Waals surface area (Å²) in [5.74, 6) is -0.194. The number of hydrogen-bond acceptors (Lipinski definition) is 2. The van der Waals surface area contributed by atoms with Gasteiger partial charge in [0, 0.05) is 12.4 Å². The largest absolute Gasteiger partial charge is 0.302 e. The molecule has 2 nitrogen and oxygen atoms in total. The van der Waals surface area contributed by atoms with Crippen molar-refractivity contribution < 1.29 is 4.79 Å². The number of aldehydes is 1. The fourth-order valence-electron chi connectivity index (χ4n) is 2.86. The lowest BCUT2D eigenvalue weighted by Crippen LogP contribution is -2.07. The van der Waals surface area contributed by atoms with Crippen LogP contribution in [0.25, 0.3) is 0 Å². The van der Waals surface area contributed by atoms with E-state index in [1.165, 1.54) is 30.4 Å². The van der Waals surface area contributed by atoms with Crippen molar-refractivity contribution >= 4 is 6.29 Å². The minimum absolute atomic E-state index is 0.194. The summed E-state index contributed by atoms with van der Waals surface area (Å²) in [6.07, 6.45) is 9.38. The molecule has 1 aromatic heterocycles. The highest BCUT2D eigenvalue weighted by molar-refractivity contribution is 5.68. The van der Waals surface area contributed by atoms with Crippen molar-refractivity contribution in [2.45, 2.75) is 31.6 Å². The van der Waals surface area contributed by atoms with Crippen molar-refractivity contribution in [3.8, 4) is 0 Å². The van der Waals surface area contributed by atoms with E-state index in [0.29, 0.717) is 0 Å². The Morgan fingerprint density at radius 3 is 2.63 bits per heavy atom. The van der Waals surface area contributed by atoms with E-state index >= 15 is 0 Å². The molecule has 96 valence electrons. The summed E-state index contributed by atoms with van der Waals surface area (Å²) in [5, 5.41) is 0. The van der Waals surface area contributed by atoms with Crippen LogP contribution < -0.4 is 0 Å². The van der Waals surface area contributed by atoms with E-state index in [9.17, 15) is 4.79 Å². The minimum atomic E-state index is -0.194. The van der Waals surface area contributed by atoms with Crippen molar-refractivity contribution in [3.63, 3.8) is 0 Å². The maximum Gasteiger partial charge on any atom is 0.131 e. The van der Waals surface area contributed by atoms with Gasteiger partial charge in [-0.05, 0) is 54.0 Å². The lowest BCUT2D eigenvalue weighted by Gasteiger charge is -2.18. The molecular weight excluding hydrogens is 234 g/mol. The predicted molar refractivity (Wildman–Crippen MR) is 75.2 cm³/mol. The molecule has 0 radical (unpaired) electrons. The number of carbonyl (C=O) groups is 1. The van der Waals surface area contributed by atoms with Gasteiger partial charge in [-0.15, -0.1) is 0 Å². The molecule has 0 fully saturated rings. The van der Waals surface area contributed by atoms with Crippen LogP contribution in [0, 0.1) is 0 Å². The molecule has 19 heavy (non-hydrogen) atoms. The summed E-state index contributed by atoms with van der Waals surface area (Å²) in [6, 6.07) is 10.3. The molecule has 2 heteroatoms. The SMILES string of the molecule is O=CC(c1cccnc1)c1ccc2c(c1)CCCC2. The number of aromatic nitrogens is 1. The molecule has 1 atom stereocenters. The number of benzene rings is 1. The average Bonchev–Trinajstić information content (AvgIpc) is 2.49. The van der Waals surface area contributed by atoms with Gasteiger partial charge in [-0.25, -0.2) is 0 Å². The van der Waals surface area contributed by atoms with Crippen LogP contribution in [0.15, 0.2) is 42.7 Å². The topological polar surface area (TPSA) is 30.0 Å². The lowest BCUT2D eigenvalue weighted by molar-refractivity contribution is -0.108. The van der Waals surface area contributed by atoms with Crippen molar-refractivity contribution in [2.24, 2.45) is 0 Å². The summed E-state index contributed by atoms with van der Waals surface area (Å²) in [5.41, 5.74) is 4.92. The van der Waals surface area contributed by atoms with Crippen molar-refractivity contribution in [1.29, 1.82) is 0 Å². The molecule has 1 unspecified atom stereocenters. The monoisotopic (exact) mass is 251 g/mol. The van der Waals surface area contributed by atoms with Crippen LogP contribution in [-0.2, 0) is 17.6 Å². The molecule has 0 bridgehead atoms. The number of nitrogens with zero attached hydrogens (tertiary/aromatic N) is 1. The Hall–Kier alpha value is -1.96. The molecular formula is C17H17NO. The highest BCUT2D eigenvalue weighted by Crippen LogP contribution is 2.27. The van der Waals surface area contributed by atoms with E-state index in [4.69, 9.17) is 0 Å². The van der Waals surface area contributed by atoms with Gasteiger partial charge in [0.2, 0.25) is 0 Å². The van der Waals surface area contributed by atoms with E-state index in [1.807, 2.05) is 12.1 Å². The number of hydrogen-bond donors (Lipinski definition) is 0. The van der Waals surface area contributed by atoms with Gasteiger partial charge in [0.25, 0.3) is 0 Å². The molecule has 3 rings (SSSR count). The third-order valence-corrected chi connectivity index (χ3v) is 3.91. The Kier molecular flexibility index (Phi) is 3.41. The molecule has 0 aliphatic heterocycles. The number of fused-ring (bicyclic) bond motifs is 1. The van der Waals surface area contributed by atoms with Gasteiger partial charge in [-0.2, -0.15) is 0 Å². The van der Waals surface area contributed by atoms with E-state index in [-0.39, 0.29) is 5.92 Å². The highest BCUT2D eigenvalue weighted by atomic mass is 16.1. The standard InChI is InChI=1S/C17H17NO/c19-12-17(16-6-3-9-18-11-16)15-8-7-13-4-1-2-5-14(13)10-15/h3,6-12,17H,1-2,4-5H2. The summed E-state index contributed by atoms with van der Waals surface area (Å²) in [4.78, 5) is 15.6. The van der Waals surface area contributed by atoms with Crippen LogP contribution in [0.2, 0.25) is 0 Å². The first kappa shape index (κ1) is 12.1. The zero-order chi connectivity index (χ0) is 13.1. The molecule has 1 aliphatic rings. The van der Waals surface area contributed by atoms with Crippen LogP contribution in [-0.4, -0.2) is 11.3 Å². The molecule has 0 saturated heterocycles. The Morgan fingerprint density at radius 1 is 1.05 bits per heavy atom. The summed E-state index contributed by atoms with van der Waals surface area (Å²) < 4.78 is 0. The molecule has 1 aromatic carbocycles. The van der Waals surface area contributed by atoms with Gasteiger partial charge in [0.1, 0.15) is 6.29 Å². The van der Waals surface area contributed by atoms with Crippen LogP contribution in [0.3, 0.4) is 0 Å². The summed E-state index contributed by atoms with van der Waals surface area (Å²) >= 11 is 0. The highest BCUT2D eigenvalue weighted by Gasteiger charge is 2.16. The van der Waals surface area contributed by atoms with Crippen molar-refractivity contribution in [3.05, 3.63) is 65.0 Å². The molecule has 0 N–H and O–H groups in total. The fourth-order valence-corrected chi connectivity index (χ4v) is 2.86. The zero-order valence-electron chi connectivity index (χ0n) is 10.9. The summed E-state index contributed by atoms with van der Waals surface area (Å²) in [6.45, 7) is 0. The third-order valence-electron chi connectivity index (χ3n) is 3.91. The Balaban J connectivity index is 1.98. The van der Waals surface area contributed by atoms with Crippen LogP contribution >= 0.6 is 0 Å². The van der Waals surface area contributed by atoms with Crippen LogP contribution in [0.5, 0.6) is 0 Å². The second-order valence-corrected chi connectivity index (χ2v) is 5.14. The van der Waals surface area contributed by atoms with E-state index < -0.39 is 0 Å². The van der Waals surface area contributed by atoms with Gasteiger partial charge in [-0.1, -0.05) is 24.3 Å². The number of carbonyl (C=O) groups excluding carboxylic acids is 1. The first-order chi connectivity index (χ1) is 9.38. The van der Waals surface area contributed by atoms with Gasteiger partial charge in [0.15, 0.2) is 0 Å². The van der Waals surface area contributed by atoms with E-state index in [2.05, 4.69) is 23.2 Å². The smallest absolute Gasteiger partial charge is 0.131 e. The fraction of sp³-hybridized carbons (Fsp3) is 0.294. The van der Waals surface area contributed by atoms with E-state index in [0.717, 1.165) is 23.8 Å². The quantitative estimate of drug-likeness (QED) is 0.783. The molecule has 0 saturated carbocycles. The number of pyridine rings is 1. The van der Waals surface area contributed by atoms with Gasteiger partial charge >= 0.3 is 0 Å². The van der Waals surface area contributed by atoms with Crippen molar-refractivity contribution in [1.82, 2.24) is 4.98 Å². The normalized spacial score (nSPS) is 15.6. The maximum absolute atomic E-state index is 11.4. The number of aryl methyl sites for hydroxylation is 2. The third kappa shape index (κ3) is 2.43. The second kappa shape index (κ2) is 5.35. The van der Waals surface area contributed by atoms with Crippen LogP contribution in [0.4, 0.5) is 0 Å². The van der Waals surface area contributed by atoms with Gasteiger partial charge in [0.05, 0.1) is 5.92 Å². The molecule has 0 amide bonds.